The van der Waals surface area contributed by atoms with Crippen molar-refractivity contribution >= 4 is 11.9 Å². The van der Waals surface area contributed by atoms with Gasteiger partial charge in [-0.05, 0) is 36.5 Å². The Morgan fingerprint density at radius 2 is 2.00 bits per heavy atom. The lowest BCUT2D eigenvalue weighted by atomic mass is 9.94. The fourth-order valence-electron chi connectivity index (χ4n) is 3.36. The molecule has 1 heterocycles. The summed E-state index contributed by atoms with van der Waals surface area (Å²) in [5, 5.41) is 5.96. The number of halogens is 1. The minimum Gasteiger partial charge on any atom is -0.329 e. The fraction of sp³-hybridized carbons (Fsp3) is 0.500. The quantitative estimate of drug-likeness (QED) is 0.812. The molecule has 3 amide bonds. The third-order valence-electron chi connectivity index (χ3n) is 4.49. The van der Waals surface area contributed by atoms with E-state index < -0.39 is 0 Å². The van der Waals surface area contributed by atoms with Crippen molar-refractivity contribution in [3.8, 4) is 0 Å². The second-order valence-corrected chi connectivity index (χ2v) is 5.85. The lowest BCUT2D eigenvalue weighted by Crippen LogP contribution is -2.40. The summed E-state index contributed by atoms with van der Waals surface area (Å²) in [7, 11) is 0. The summed E-state index contributed by atoms with van der Waals surface area (Å²) in [6, 6.07) is 6.68. The molecule has 1 aromatic rings. The molecule has 5 nitrogen and oxygen atoms in total. The zero-order valence-electron chi connectivity index (χ0n) is 12.3. The molecule has 3 rings (SSSR count). The van der Waals surface area contributed by atoms with Crippen molar-refractivity contribution in [3.05, 3.63) is 35.6 Å². The molecule has 0 bridgehead atoms. The Labute approximate surface area is 128 Å². The molecular weight excluding hydrogens is 285 g/mol. The second-order valence-electron chi connectivity index (χ2n) is 5.85. The van der Waals surface area contributed by atoms with Crippen molar-refractivity contribution in [2.75, 3.05) is 19.6 Å². The number of benzene rings is 1. The lowest BCUT2D eigenvalue weighted by molar-refractivity contribution is -0.124. The molecule has 2 fully saturated rings. The molecule has 1 saturated heterocycles. The molecule has 6 heteroatoms. The average molecular weight is 305 g/mol. The van der Waals surface area contributed by atoms with Crippen LogP contribution in [-0.4, -0.2) is 42.5 Å². The van der Waals surface area contributed by atoms with E-state index >= 15 is 0 Å². The number of hydrogen-bond acceptors (Lipinski definition) is 3. The van der Waals surface area contributed by atoms with Crippen LogP contribution in [0.3, 0.4) is 0 Å². The van der Waals surface area contributed by atoms with Crippen molar-refractivity contribution in [3.63, 3.8) is 0 Å². The molecule has 0 spiro atoms. The summed E-state index contributed by atoms with van der Waals surface area (Å²) in [6.07, 6.45) is 3.26. The lowest BCUT2D eigenvalue weighted by Gasteiger charge is -2.22. The molecule has 0 radical (unpaired) electrons. The van der Waals surface area contributed by atoms with Crippen LogP contribution in [0.25, 0.3) is 0 Å². The van der Waals surface area contributed by atoms with E-state index in [1.54, 1.807) is 0 Å². The van der Waals surface area contributed by atoms with Crippen molar-refractivity contribution < 1.29 is 14.0 Å². The fourth-order valence-corrected chi connectivity index (χ4v) is 3.36. The topological polar surface area (TPSA) is 61.4 Å². The van der Waals surface area contributed by atoms with Gasteiger partial charge < -0.3 is 10.6 Å². The summed E-state index contributed by atoms with van der Waals surface area (Å²) in [4.78, 5) is 24.2. The van der Waals surface area contributed by atoms with Crippen LogP contribution in [0, 0.1) is 5.82 Å². The molecule has 2 aliphatic rings. The van der Waals surface area contributed by atoms with E-state index in [1.807, 2.05) is 12.1 Å². The van der Waals surface area contributed by atoms with Crippen LogP contribution in [0.1, 0.15) is 30.7 Å². The van der Waals surface area contributed by atoms with Crippen LogP contribution in [0.2, 0.25) is 0 Å². The van der Waals surface area contributed by atoms with Crippen LogP contribution >= 0.6 is 0 Å². The largest absolute Gasteiger partial charge is 0.329 e. The van der Waals surface area contributed by atoms with Crippen LogP contribution in [0.4, 0.5) is 9.18 Å². The normalized spacial score (nSPS) is 24.9. The van der Waals surface area contributed by atoms with Crippen molar-refractivity contribution in [2.45, 2.75) is 31.2 Å². The van der Waals surface area contributed by atoms with Crippen LogP contribution < -0.4 is 10.6 Å². The molecule has 2 atom stereocenters. The highest BCUT2D eigenvalue weighted by atomic mass is 19.1. The van der Waals surface area contributed by atoms with Gasteiger partial charge in [0, 0.05) is 19.1 Å². The van der Waals surface area contributed by atoms with Gasteiger partial charge in [0.2, 0.25) is 5.91 Å². The Bertz CT molecular complexity index is 545. The summed E-state index contributed by atoms with van der Waals surface area (Å²) < 4.78 is 13.0. The van der Waals surface area contributed by atoms with Gasteiger partial charge in [0.25, 0.3) is 0 Å². The van der Waals surface area contributed by atoms with Crippen LogP contribution in [0.15, 0.2) is 24.3 Å². The van der Waals surface area contributed by atoms with E-state index in [0.717, 1.165) is 24.8 Å². The molecule has 0 unspecified atom stereocenters. The van der Waals surface area contributed by atoms with Gasteiger partial charge in [0.1, 0.15) is 5.82 Å². The van der Waals surface area contributed by atoms with Gasteiger partial charge in [-0.15, -0.1) is 0 Å². The zero-order chi connectivity index (χ0) is 15.5. The first-order valence-electron chi connectivity index (χ1n) is 7.72. The first kappa shape index (κ1) is 15.0. The molecule has 2 N–H and O–H groups in total. The van der Waals surface area contributed by atoms with Gasteiger partial charge in [-0.25, -0.2) is 9.18 Å². The minimum absolute atomic E-state index is 0.0977. The zero-order valence-corrected chi connectivity index (χ0v) is 12.3. The third-order valence-corrected chi connectivity index (χ3v) is 4.49. The highest BCUT2D eigenvalue weighted by Gasteiger charge is 2.30. The molecule has 0 aromatic heterocycles. The summed E-state index contributed by atoms with van der Waals surface area (Å²) in [6.45, 7) is 1.07. The summed E-state index contributed by atoms with van der Waals surface area (Å²) >= 11 is 0. The summed E-state index contributed by atoms with van der Waals surface area (Å²) in [5.41, 5.74) is 1.14. The SMILES string of the molecule is O=C1CNC(=O)N1CCN[C@H]1CCC[C@@H]1c1ccc(F)cc1. The molecular formula is C16H20FN3O2. The molecule has 1 saturated carbocycles. The maximum atomic E-state index is 13.0. The van der Waals surface area contributed by atoms with Crippen molar-refractivity contribution in [1.82, 2.24) is 15.5 Å². The molecule has 1 aliphatic carbocycles. The van der Waals surface area contributed by atoms with Gasteiger partial charge in [-0.3, -0.25) is 9.69 Å². The number of imide groups is 1. The van der Waals surface area contributed by atoms with Crippen molar-refractivity contribution in [2.24, 2.45) is 0 Å². The Kier molecular flexibility index (Phi) is 4.38. The van der Waals surface area contributed by atoms with Crippen LogP contribution in [0.5, 0.6) is 0 Å². The molecule has 118 valence electrons. The average Bonchev–Trinajstić information content (AvgIpc) is 3.09. The number of amides is 3. The minimum atomic E-state index is -0.312. The van der Waals surface area contributed by atoms with E-state index in [1.165, 1.54) is 17.0 Å². The number of rotatable bonds is 5. The van der Waals surface area contributed by atoms with E-state index in [4.69, 9.17) is 0 Å². The predicted octanol–water partition coefficient (Wildman–Crippen LogP) is 1.60. The smallest absolute Gasteiger partial charge is 0.324 e. The molecule has 22 heavy (non-hydrogen) atoms. The van der Waals surface area contributed by atoms with Crippen molar-refractivity contribution in [1.29, 1.82) is 0 Å². The van der Waals surface area contributed by atoms with Gasteiger partial charge in [-0.2, -0.15) is 0 Å². The third kappa shape index (κ3) is 3.11. The Hall–Kier alpha value is -1.95. The number of nitrogens with one attached hydrogen (secondary N) is 2. The Morgan fingerprint density at radius 1 is 1.23 bits per heavy atom. The van der Waals surface area contributed by atoms with Gasteiger partial charge in [0.15, 0.2) is 0 Å². The Balaban J connectivity index is 1.54. The van der Waals surface area contributed by atoms with Gasteiger partial charge >= 0.3 is 6.03 Å². The van der Waals surface area contributed by atoms with E-state index in [2.05, 4.69) is 10.6 Å². The standard InChI is InChI=1S/C16H20FN3O2/c17-12-6-4-11(5-7-12)13-2-1-3-14(13)18-8-9-20-15(21)10-19-16(20)22/h4-7,13-14,18H,1-3,8-10H2,(H,19,22)/t13-,14+/m1/s1. The van der Waals surface area contributed by atoms with Crippen LogP contribution in [-0.2, 0) is 4.79 Å². The maximum Gasteiger partial charge on any atom is 0.324 e. The van der Waals surface area contributed by atoms with E-state index in [0.29, 0.717) is 25.0 Å². The highest BCUT2D eigenvalue weighted by molar-refractivity contribution is 6.01. The Morgan fingerprint density at radius 3 is 2.68 bits per heavy atom. The highest BCUT2D eigenvalue weighted by Crippen LogP contribution is 2.34. The first-order chi connectivity index (χ1) is 10.6. The van der Waals surface area contributed by atoms with Gasteiger partial charge in [-0.1, -0.05) is 18.6 Å². The number of nitrogens with zero attached hydrogens (tertiary/aromatic N) is 1. The second kappa shape index (κ2) is 6.44. The first-order valence-corrected chi connectivity index (χ1v) is 7.72. The summed E-state index contributed by atoms with van der Waals surface area (Å²) in [5.74, 6) is -0.0261. The molecule has 1 aromatic carbocycles. The predicted molar refractivity (Wildman–Crippen MR) is 79.9 cm³/mol. The van der Waals surface area contributed by atoms with E-state index in [9.17, 15) is 14.0 Å². The van der Waals surface area contributed by atoms with Gasteiger partial charge in [0.05, 0.1) is 6.54 Å². The monoisotopic (exact) mass is 305 g/mol. The number of urea groups is 1. The maximum absolute atomic E-state index is 13.0. The molecule has 1 aliphatic heterocycles. The van der Waals surface area contributed by atoms with E-state index in [-0.39, 0.29) is 24.3 Å². The number of carbonyl (C=O) groups excluding carboxylic acids is 2. The number of carbonyl (C=O) groups is 2. The number of hydrogen-bond donors (Lipinski definition) is 2.